The summed E-state index contributed by atoms with van der Waals surface area (Å²) in [7, 11) is -9.82. The summed E-state index contributed by atoms with van der Waals surface area (Å²) in [5.74, 6) is -1.57. The second kappa shape index (κ2) is 99.7. The van der Waals surface area contributed by atoms with Gasteiger partial charge in [-0.25, -0.2) is 9.13 Å². The van der Waals surface area contributed by atoms with Crippen molar-refractivity contribution in [2.75, 3.05) is 39.6 Å². The molecule has 0 radical (unpaired) electrons. The SMILES string of the molecule is CC/C=C\C/C=C\C/C=C\C/C=C\C/C=C\C/C=C\CCCCCCCCCCC(=O)OC(COC(=O)CCCCCCCCCCCCCCCCC/C=C\C/C=C\C/C=C\C/C=C\CCCCC)COP(=O)(O)OCC(O)COP(=O)(O)OCC(O)COC(=O)CCCCCCCCCCCCCCCCCCC/C=C\C/C=C\C/C=C\C/C=C\C/C=C\CC. The lowest BCUT2D eigenvalue weighted by Gasteiger charge is -2.21. The lowest BCUT2D eigenvalue weighted by Crippen LogP contribution is -2.30. The number of phosphoric ester groups is 2. The van der Waals surface area contributed by atoms with Gasteiger partial charge in [0.05, 0.1) is 26.4 Å². The number of ether oxygens (including phenoxy) is 3. The Kier molecular flexibility index (Phi) is 95.5. The Balaban J connectivity index is 4.62. The third kappa shape index (κ3) is 101. The van der Waals surface area contributed by atoms with Crippen molar-refractivity contribution < 1.29 is 75.8 Å². The Hall–Kier alpha value is -5.35. The van der Waals surface area contributed by atoms with Crippen molar-refractivity contribution in [2.45, 2.75) is 450 Å². The normalized spacial score (nSPS) is 14.4. The average molecular weight is 1810 g/mol. The van der Waals surface area contributed by atoms with E-state index in [0.717, 1.165) is 173 Å². The summed E-state index contributed by atoms with van der Waals surface area (Å²) >= 11 is 0. The molecule has 4 N–H and O–H groups in total. The van der Waals surface area contributed by atoms with E-state index < -0.39 is 91.5 Å². The molecule has 728 valence electrons. The number of unbranched alkanes of at least 4 members (excludes halogenated alkanes) is 43. The third-order valence-corrected chi connectivity index (χ3v) is 23.5. The van der Waals surface area contributed by atoms with Crippen LogP contribution in [0.15, 0.2) is 182 Å². The summed E-state index contributed by atoms with van der Waals surface area (Å²) in [5.41, 5.74) is 0. The highest BCUT2D eigenvalue weighted by atomic mass is 31.2. The van der Waals surface area contributed by atoms with Gasteiger partial charge in [-0.05, 0) is 161 Å². The van der Waals surface area contributed by atoms with Crippen LogP contribution in [0.25, 0.3) is 0 Å². The molecule has 0 fully saturated rings. The van der Waals surface area contributed by atoms with Crippen LogP contribution in [0.1, 0.15) is 432 Å². The molecule has 0 aromatic heterocycles. The molecule has 0 saturated heterocycles. The Morgan fingerprint density at radius 1 is 0.228 bits per heavy atom. The van der Waals surface area contributed by atoms with Gasteiger partial charge in [-0.15, -0.1) is 0 Å². The van der Waals surface area contributed by atoms with Crippen molar-refractivity contribution in [2.24, 2.45) is 0 Å². The van der Waals surface area contributed by atoms with Crippen LogP contribution in [-0.2, 0) is 55.8 Å². The summed E-state index contributed by atoms with van der Waals surface area (Å²) in [6.45, 7) is 2.48. The number of esters is 3. The number of aliphatic hydroxyl groups excluding tert-OH is 2. The molecule has 0 saturated carbocycles. The summed E-state index contributed by atoms with van der Waals surface area (Å²) in [6, 6.07) is 0. The van der Waals surface area contributed by atoms with Crippen LogP contribution in [-0.4, -0.2) is 95.9 Å². The second-order valence-electron chi connectivity index (χ2n) is 33.9. The molecular weight excluding hydrogens is 1630 g/mol. The smallest absolute Gasteiger partial charge is 0.463 e. The van der Waals surface area contributed by atoms with Crippen LogP contribution in [0.3, 0.4) is 0 Å². The van der Waals surface area contributed by atoms with Crippen LogP contribution in [0, 0.1) is 0 Å². The number of carbonyl (C=O) groups is 3. The zero-order valence-corrected chi connectivity index (χ0v) is 82.4. The quantitative estimate of drug-likeness (QED) is 0.0146. The molecule has 0 aliphatic rings. The van der Waals surface area contributed by atoms with Gasteiger partial charge in [-0.1, -0.05) is 434 Å². The van der Waals surface area contributed by atoms with Gasteiger partial charge in [0, 0.05) is 19.3 Å². The Morgan fingerprint density at radius 3 is 0.661 bits per heavy atom. The molecule has 5 atom stereocenters. The Bertz CT molecular complexity index is 3040. The van der Waals surface area contributed by atoms with E-state index in [-0.39, 0.29) is 19.3 Å². The van der Waals surface area contributed by atoms with Gasteiger partial charge in [0.15, 0.2) is 6.10 Å². The molecule has 0 aliphatic carbocycles. The number of phosphoric acid groups is 2. The van der Waals surface area contributed by atoms with E-state index in [4.69, 9.17) is 32.3 Å². The fourth-order valence-corrected chi connectivity index (χ4v) is 15.5. The average Bonchev–Trinajstić information content (AvgIpc) is 0.901. The molecule has 127 heavy (non-hydrogen) atoms. The minimum Gasteiger partial charge on any atom is -0.463 e. The molecule has 18 heteroatoms. The third-order valence-electron chi connectivity index (χ3n) is 21.6. The van der Waals surface area contributed by atoms with Gasteiger partial charge in [0.1, 0.15) is 25.4 Å². The zero-order chi connectivity index (χ0) is 92.1. The topological polar surface area (TPSA) is 231 Å². The number of aliphatic hydroxyl groups is 2. The van der Waals surface area contributed by atoms with E-state index in [0.29, 0.717) is 19.3 Å². The Morgan fingerprint density at radius 2 is 0.417 bits per heavy atom. The molecule has 0 aromatic carbocycles. The van der Waals surface area contributed by atoms with Crippen molar-refractivity contribution >= 4 is 33.6 Å². The molecule has 0 heterocycles. The minimum atomic E-state index is -4.95. The van der Waals surface area contributed by atoms with Gasteiger partial charge >= 0.3 is 33.6 Å². The number of carbonyl (C=O) groups excluding carboxylic acids is 3. The first-order valence-electron chi connectivity index (χ1n) is 51.1. The molecule has 0 aliphatic heterocycles. The van der Waals surface area contributed by atoms with Gasteiger partial charge in [0.25, 0.3) is 0 Å². The number of rotatable bonds is 96. The fourth-order valence-electron chi connectivity index (χ4n) is 13.9. The first-order chi connectivity index (χ1) is 62.2. The van der Waals surface area contributed by atoms with Crippen molar-refractivity contribution in [1.29, 1.82) is 0 Å². The lowest BCUT2D eigenvalue weighted by molar-refractivity contribution is -0.161. The zero-order valence-electron chi connectivity index (χ0n) is 80.6. The van der Waals surface area contributed by atoms with Crippen molar-refractivity contribution in [3.8, 4) is 0 Å². The fraction of sp³-hybridized carbons (Fsp3) is 0.697. The molecule has 0 amide bonds. The maximum Gasteiger partial charge on any atom is 0.472 e. The van der Waals surface area contributed by atoms with Crippen molar-refractivity contribution in [1.82, 2.24) is 0 Å². The van der Waals surface area contributed by atoms with E-state index in [2.05, 4.69) is 203 Å². The second-order valence-corrected chi connectivity index (χ2v) is 36.8. The monoisotopic (exact) mass is 1810 g/mol. The minimum absolute atomic E-state index is 0.0904. The van der Waals surface area contributed by atoms with Crippen LogP contribution < -0.4 is 0 Å². The van der Waals surface area contributed by atoms with Gasteiger partial charge < -0.3 is 34.2 Å². The van der Waals surface area contributed by atoms with Crippen LogP contribution in [0.4, 0.5) is 0 Å². The highest BCUT2D eigenvalue weighted by molar-refractivity contribution is 7.47. The van der Waals surface area contributed by atoms with Crippen molar-refractivity contribution in [3.05, 3.63) is 182 Å². The van der Waals surface area contributed by atoms with Gasteiger partial charge in [0.2, 0.25) is 0 Å². The molecule has 0 aromatic rings. The molecule has 16 nitrogen and oxygen atoms in total. The number of allylic oxidation sites excluding steroid dienone is 30. The molecule has 0 bridgehead atoms. The summed E-state index contributed by atoms with van der Waals surface area (Å²) in [6.07, 6.45) is 132. The van der Waals surface area contributed by atoms with E-state index in [1.54, 1.807) is 0 Å². The predicted octanol–water partition coefficient (Wildman–Crippen LogP) is 32.3. The first-order valence-corrected chi connectivity index (χ1v) is 54.1. The molecule has 0 spiro atoms. The highest BCUT2D eigenvalue weighted by Crippen LogP contribution is 2.45. The molecule has 0 rings (SSSR count). The largest absolute Gasteiger partial charge is 0.472 e. The molecular formula is C109H186O16P2. The predicted molar refractivity (Wildman–Crippen MR) is 537 cm³/mol. The van der Waals surface area contributed by atoms with Crippen LogP contribution in [0.2, 0.25) is 0 Å². The van der Waals surface area contributed by atoms with E-state index in [1.807, 2.05) is 0 Å². The van der Waals surface area contributed by atoms with Crippen LogP contribution >= 0.6 is 15.6 Å². The maximum absolute atomic E-state index is 13.1. The van der Waals surface area contributed by atoms with Crippen molar-refractivity contribution in [3.63, 3.8) is 0 Å². The maximum atomic E-state index is 13.1. The number of hydrogen-bond acceptors (Lipinski definition) is 14. The number of hydrogen-bond donors (Lipinski definition) is 4. The first kappa shape index (κ1) is 122. The van der Waals surface area contributed by atoms with E-state index in [9.17, 15) is 43.5 Å². The van der Waals surface area contributed by atoms with Crippen LogP contribution in [0.5, 0.6) is 0 Å². The van der Waals surface area contributed by atoms with Gasteiger partial charge in [-0.2, -0.15) is 0 Å². The molecule has 5 unspecified atom stereocenters. The lowest BCUT2D eigenvalue weighted by atomic mass is 10.0. The highest BCUT2D eigenvalue weighted by Gasteiger charge is 2.30. The summed E-state index contributed by atoms with van der Waals surface area (Å²) in [4.78, 5) is 59.2. The summed E-state index contributed by atoms with van der Waals surface area (Å²) < 4.78 is 61.7. The summed E-state index contributed by atoms with van der Waals surface area (Å²) in [5, 5.41) is 20.8. The van der Waals surface area contributed by atoms with E-state index >= 15 is 0 Å². The van der Waals surface area contributed by atoms with Gasteiger partial charge in [-0.3, -0.25) is 32.5 Å². The Labute approximate surface area is 776 Å². The standard InChI is InChI=1S/C109H186O16P2/c1-4-7-10-13-16-19-22-25-28-31-34-37-40-43-46-48-50-51-53-55-57-59-62-65-68-71-74-77-80-83-86-89-92-95-107(112)119-98-104(110)99-121-126(115,116)122-100-105(111)101-123-127(117,118)124-103-106(125-109(114)97-94-91-88-85-82-79-76-73-70-67-64-61-56-45-42-39-36-33-30-27-24-21-18-15-12-9-6-3)102-120-108(113)96-93-90-87-84-81-78-75-72-69-66-63-60-58-54-52-49-47-44-41-38-35-32-29-26-23-20-17-14-11-8-5-2/h7,9-10,12,16-21,25-30,34-39,43-47,56,64,67,104-106,110-111H,4-6,8,11,13-15,22-24,31-33,40-42,48-55,57-63,65-66,68-103H2,1-3H3,(H,115,116)(H,117,118)/b10-7-,12-9-,19-16-,20-17-,21-18-,28-25-,29-26-,30-27-,37-34-,38-35-,39-36-,46-43-,47-44-,56-45-,67-64-. The van der Waals surface area contributed by atoms with E-state index in [1.165, 1.54) is 199 Å².